The summed E-state index contributed by atoms with van der Waals surface area (Å²) in [5.41, 5.74) is 1.91. The number of hydrogen-bond acceptors (Lipinski definition) is 8. The van der Waals surface area contributed by atoms with Crippen molar-refractivity contribution in [2.45, 2.75) is 43.7 Å². The summed E-state index contributed by atoms with van der Waals surface area (Å²) in [4.78, 5) is 26.8. The summed E-state index contributed by atoms with van der Waals surface area (Å²) < 4.78 is 5.60. The fourth-order valence-electron chi connectivity index (χ4n) is 7.14. The molecule has 4 N–H and O–H groups in total. The first-order valence-electron chi connectivity index (χ1n) is 12.4. The van der Waals surface area contributed by atoms with E-state index >= 15 is 0 Å². The van der Waals surface area contributed by atoms with Crippen LogP contribution in [0.1, 0.15) is 42.7 Å². The average molecular weight is 464 g/mol. The van der Waals surface area contributed by atoms with E-state index in [0.29, 0.717) is 42.3 Å². The Morgan fingerprint density at radius 1 is 1.21 bits per heavy atom. The number of anilines is 1. The Kier molecular flexibility index (Phi) is 4.51. The van der Waals surface area contributed by atoms with Crippen molar-refractivity contribution in [3.63, 3.8) is 0 Å². The van der Waals surface area contributed by atoms with Gasteiger partial charge in [0.15, 0.2) is 0 Å². The molecule has 4 bridgehead atoms. The van der Waals surface area contributed by atoms with Crippen LogP contribution < -0.4 is 10.6 Å². The Hall–Kier alpha value is -2.98. The van der Waals surface area contributed by atoms with Crippen molar-refractivity contribution in [2.75, 3.05) is 31.5 Å². The second kappa shape index (κ2) is 7.51. The highest BCUT2D eigenvalue weighted by molar-refractivity contribution is 5.97. The zero-order valence-corrected chi connectivity index (χ0v) is 19.0. The number of carbonyl (C=O) groups excluding carboxylic acids is 1. The molecule has 10 heteroatoms. The molecule has 10 nitrogen and oxygen atoms in total. The number of aliphatic hydroxyl groups is 1. The second-order valence-electron chi connectivity index (χ2n) is 10.6. The molecule has 3 aromatic heterocycles. The first-order valence-corrected chi connectivity index (χ1v) is 12.4. The fraction of sp³-hybridized carbons (Fsp3) is 0.583. The van der Waals surface area contributed by atoms with Gasteiger partial charge >= 0.3 is 0 Å². The highest BCUT2D eigenvalue weighted by Crippen LogP contribution is 2.56. The molecule has 3 aromatic rings. The van der Waals surface area contributed by atoms with Gasteiger partial charge in [-0.25, -0.2) is 4.98 Å². The van der Waals surface area contributed by atoms with Crippen LogP contribution in [-0.2, 0) is 0 Å². The molecule has 0 radical (unpaired) electrons. The van der Waals surface area contributed by atoms with Crippen LogP contribution in [0.3, 0.4) is 0 Å². The van der Waals surface area contributed by atoms with Crippen molar-refractivity contribution in [2.24, 2.45) is 17.8 Å². The predicted molar refractivity (Wildman–Crippen MR) is 124 cm³/mol. The molecular weight excluding hydrogens is 434 g/mol. The van der Waals surface area contributed by atoms with Gasteiger partial charge in [-0.15, -0.1) is 0 Å². The van der Waals surface area contributed by atoms with E-state index < -0.39 is 5.60 Å². The van der Waals surface area contributed by atoms with Crippen LogP contribution in [0.2, 0.25) is 0 Å². The van der Waals surface area contributed by atoms with Crippen molar-refractivity contribution in [3.8, 4) is 11.5 Å². The van der Waals surface area contributed by atoms with E-state index in [0.717, 1.165) is 61.9 Å². The zero-order valence-electron chi connectivity index (χ0n) is 19.0. The van der Waals surface area contributed by atoms with Gasteiger partial charge in [-0.3, -0.25) is 4.79 Å². The van der Waals surface area contributed by atoms with E-state index in [1.54, 1.807) is 11.1 Å². The summed E-state index contributed by atoms with van der Waals surface area (Å²) in [6.07, 6.45) is 8.61. The van der Waals surface area contributed by atoms with Crippen LogP contribution in [0.5, 0.6) is 0 Å². The van der Waals surface area contributed by atoms with Crippen molar-refractivity contribution in [3.05, 3.63) is 24.3 Å². The number of nitrogens with one attached hydrogen (secondary N) is 3. The average Bonchev–Trinajstić information content (AvgIpc) is 3.50. The molecule has 1 saturated heterocycles. The first kappa shape index (κ1) is 20.4. The van der Waals surface area contributed by atoms with Gasteiger partial charge < -0.3 is 30.1 Å². The third-order valence-corrected chi connectivity index (χ3v) is 8.39. The number of H-pyrrole nitrogens is 1. The summed E-state index contributed by atoms with van der Waals surface area (Å²) >= 11 is 0. The van der Waals surface area contributed by atoms with E-state index in [4.69, 9.17) is 4.52 Å². The van der Waals surface area contributed by atoms with E-state index in [-0.39, 0.29) is 17.8 Å². The molecule has 1 amide bonds. The molecule has 1 aliphatic heterocycles. The van der Waals surface area contributed by atoms with Crippen LogP contribution in [0.25, 0.3) is 22.5 Å². The number of amides is 1. The van der Waals surface area contributed by atoms with E-state index in [1.165, 1.54) is 0 Å². The molecule has 4 aliphatic carbocycles. The lowest BCUT2D eigenvalue weighted by Crippen LogP contribution is -2.59. The van der Waals surface area contributed by atoms with Gasteiger partial charge in [0.1, 0.15) is 5.65 Å². The highest BCUT2D eigenvalue weighted by Gasteiger charge is 2.54. The molecule has 5 fully saturated rings. The fourth-order valence-corrected chi connectivity index (χ4v) is 7.14. The topological polar surface area (TPSA) is 132 Å². The number of fused-ring (bicyclic) bond motifs is 1. The summed E-state index contributed by atoms with van der Waals surface area (Å²) in [6.45, 7) is 2.78. The normalized spacial score (nSPS) is 32.4. The lowest BCUT2D eigenvalue weighted by molar-refractivity contribution is -0.129. The van der Waals surface area contributed by atoms with Gasteiger partial charge in [0, 0.05) is 50.0 Å². The zero-order chi connectivity index (χ0) is 22.9. The first-order chi connectivity index (χ1) is 16.6. The van der Waals surface area contributed by atoms with Crippen molar-refractivity contribution in [1.82, 2.24) is 30.3 Å². The number of nitrogens with zero attached hydrogens (tertiary/aromatic N) is 4. The monoisotopic (exact) mass is 463 g/mol. The molecule has 4 saturated carbocycles. The predicted octanol–water partition coefficient (Wildman–Crippen LogP) is 2.01. The molecule has 4 heterocycles. The Labute approximate surface area is 196 Å². The molecule has 2 unspecified atom stereocenters. The van der Waals surface area contributed by atoms with E-state index in [2.05, 4.69) is 30.7 Å². The van der Waals surface area contributed by atoms with Gasteiger partial charge in [0.25, 0.3) is 17.6 Å². The molecular formula is C24H29N7O3. The minimum absolute atomic E-state index is 0.0776. The lowest BCUT2D eigenvalue weighted by Gasteiger charge is -2.58. The number of aromatic nitrogens is 4. The quantitative estimate of drug-likeness (QED) is 0.462. The Balaban J connectivity index is 1.23. The SMILES string of the molecule is O=C(c1noc(-c2cnc3[nH]ccc3c2N[C@H]2C3CC4CC2C[C@@](O)(C4)C3)n1)N1CCNCC1. The Morgan fingerprint density at radius 3 is 2.76 bits per heavy atom. The van der Waals surface area contributed by atoms with Crippen molar-refractivity contribution >= 4 is 22.6 Å². The number of rotatable bonds is 4. The van der Waals surface area contributed by atoms with E-state index in [1.807, 2.05) is 12.3 Å². The van der Waals surface area contributed by atoms with Crippen LogP contribution in [-0.4, -0.2) is 73.8 Å². The van der Waals surface area contributed by atoms with Gasteiger partial charge in [-0.05, 0) is 55.9 Å². The minimum Gasteiger partial charge on any atom is -0.390 e. The number of piperazine rings is 1. The van der Waals surface area contributed by atoms with Gasteiger partial charge in [-0.2, -0.15) is 4.98 Å². The molecule has 34 heavy (non-hydrogen) atoms. The standard InChI is InChI=1S/C24H29N7O3/c32-23(31-5-3-25-4-6-31)21-29-22(34-30-21)17-12-27-20-16(1-2-26-20)19(17)28-18-14-7-13-8-15(18)11-24(33,9-13)10-14/h1-2,12-15,18,25,33H,3-11H2,(H2,26,27,28)/t13?,14?,15?,18-,24+. The van der Waals surface area contributed by atoms with Crippen LogP contribution in [0.15, 0.2) is 23.0 Å². The maximum absolute atomic E-state index is 12.9. The maximum atomic E-state index is 12.9. The summed E-state index contributed by atoms with van der Waals surface area (Å²) in [6, 6.07) is 2.28. The Morgan fingerprint density at radius 2 is 2.00 bits per heavy atom. The van der Waals surface area contributed by atoms with Gasteiger partial charge in [0.05, 0.1) is 16.9 Å². The van der Waals surface area contributed by atoms with Gasteiger partial charge in [0.2, 0.25) is 0 Å². The van der Waals surface area contributed by atoms with Crippen molar-refractivity contribution in [1.29, 1.82) is 0 Å². The number of hydrogen-bond donors (Lipinski definition) is 4. The van der Waals surface area contributed by atoms with Crippen LogP contribution in [0, 0.1) is 17.8 Å². The molecule has 178 valence electrons. The van der Waals surface area contributed by atoms with E-state index in [9.17, 15) is 9.90 Å². The van der Waals surface area contributed by atoms with Crippen LogP contribution >= 0.6 is 0 Å². The molecule has 0 aromatic carbocycles. The van der Waals surface area contributed by atoms with Crippen molar-refractivity contribution < 1.29 is 14.4 Å². The molecule has 2 atom stereocenters. The number of aromatic amines is 1. The molecule has 0 spiro atoms. The highest BCUT2D eigenvalue weighted by atomic mass is 16.5. The minimum atomic E-state index is -0.481. The summed E-state index contributed by atoms with van der Waals surface area (Å²) in [5, 5.41) is 23.1. The smallest absolute Gasteiger partial charge is 0.295 e. The largest absolute Gasteiger partial charge is 0.390 e. The lowest BCUT2D eigenvalue weighted by atomic mass is 9.52. The molecule has 8 rings (SSSR count). The maximum Gasteiger partial charge on any atom is 0.295 e. The summed E-state index contributed by atoms with van der Waals surface area (Å²) in [5.74, 6) is 1.68. The number of carbonyl (C=O) groups is 1. The second-order valence-corrected chi connectivity index (χ2v) is 10.6. The Bertz CT molecular complexity index is 1230. The molecule has 5 aliphatic rings. The third-order valence-electron chi connectivity index (χ3n) is 8.39. The third kappa shape index (κ3) is 3.23. The van der Waals surface area contributed by atoms with Crippen LogP contribution in [0.4, 0.5) is 5.69 Å². The van der Waals surface area contributed by atoms with Gasteiger partial charge in [-0.1, -0.05) is 5.16 Å². The summed E-state index contributed by atoms with van der Waals surface area (Å²) in [7, 11) is 0. The number of pyridine rings is 1.